The van der Waals surface area contributed by atoms with E-state index < -0.39 is 0 Å². The molecule has 5 heteroatoms. The molecule has 0 unspecified atom stereocenters. The maximum atomic E-state index is 8.86. The molecule has 0 N–H and O–H groups in total. The van der Waals surface area contributed by atoms with Crippen molar-refractivity contribution in [1.29, 1.82) is 5.26 Å². The zero-order chi connectivity index (χ0) is 16.5. The highest BCUT2D eigenvalue weighted by atomic mass is 15.4. The number of likely N-dealkylation sites (N-methyl/N-ethyl adjacent to an activating group) is 1. The van der Waals surface area contributed by atoms with E-state index in [1.807, 2.05) is 24.3 Å². The van der Waals surface area contributed by atoms with Crippen LogP contribution in [0.3, 0.4) is 0 Å². The van der Waals surface area contributed by atoms with Gasteiger partial charge in [0.25, 0.3) is 0 Å². The molecule has 2 aliphatic rings. The molecule has 2 fully saturated rings. The van der Waals surface area contributed by atoms with Gasteiger partial charge in [0.2, 0.25) is 0 Å². The topological polar surface area (TPSA) is 56.1 Å². The second-order valence-corrected chi connectivity index (χ2v) is 6.87. The molecule has 2 aromatic rings. The predicted octanol–water partition coefficient (Wildman–Crippen LogP) is 2.55. The molecule has 0 bridgehead atoms. The lowest BCUT2D eigenvalue weighted by Gasteiger charge is -2.44. The molecule has 1 saturated heterocycles. The fourth-order valence-electron chi connectivity index (χ4n) is 3.12. The van der Waals surface area contributed by atoms with E-state index in [9.17, 15) is 0 Å². The van der Waals surface area contributed by atoms with Gasteiger partial charge in [0.1, 0.15) is 0 Å². The predicted molar refractivity (Wildman–Crippen MR) is 92.6 cm³/mol. The molecule has 1 saturated carbocycles. The van der Waals surface area contributed by atoms with Gasteiger partial charge in [-0.25, -0.2) is 0 Å². The van der Waals surface area contributed by atoms with Crippen LogP contribution in [0.25, 0.3) is 0 Å². The average Bonchev–Trinajstić information content (AvgIpc) is 3.40. The van der Waals surface area contributed by atoms with Crippen molar-refractivity contribution >= 4 is 5.82 Å². The summed E-state index contributed by atoms with van der Waals surface area (Å²) >= 11 is 0. The van der Waals surface area contributed by atoms with Gasteiger partial charge in [-0.05, 0) is 49.7 Å². The van der Waals surface area contributed by atoms with Crippen LogP contribution in [-0.4, -0.2) is 41.3 Å². The number of nitrogens with zero attached hydrogens (tertiary/aromatic N) is 5. The van der Waals surface area contributed by atoms with E-state index in [4.69, 9.17) is 5.26 Å². The van der Waals surface area contributed by atoms with E-state index in [1.54, 1.807) is 0 Å². The Kier molecular flexibility index (Phi) is 3.91. The molecule has 0 radical (unpaired) electrons. The van der Waals surface area contributed by atoms with Gasteiger partial charge in [0.05, 0.1) is 17.3 Å². The summed E-state index contributed by atoms with van der Waals surface area (Å²) in [7, 11) is 2.15. The molecule has 1 aromatic heterocycles. The molecule has 0 spiro atoms. The van der Waals surface area contributed by atoms with Crippen molar-refractivity contribution in [1.82, 2.24) is 15.1 Å². The lowest BCUT2D eigenvalue weighted by atomic mass is 10.1. The summed E-state index contributed by atoms with van der Waals surface area (Å²) in [6.07, 6.45) is 2.53. The highest BCUT2D eigenvalue weighted by molar-refractivity contribution is 5.42. The van der Waals surface area contributed by atoms with Crippen molar-refractivity contribution in [3.8, 4) is 6.07 Å². The van der Waals surface area contributed by atoms with Gasteiger partial charge in [0, 0.05) is 31.6 Å². The number of hydrogen-bond acceptors (Lipinski definition) is 5. The van der Waals surface area contributed by atoms with Gasteiger partial charge in [-0.1, -0.05) is 12.1 Å². The summed E-state index contributed by atoms with van der Waals surface area (Å²) in [5.74, 6) is 1.65. The number of aromatic nitrogens is 2. The Balaban J connectivity index is 1.30. The van der Waals surface area contributed by atoms with E-state index >= 15 is 0 Å². The fraction of sp³-hybridized carbons (Fsp3) is 0.421. The van der Waals surface area contributed by atoms with Gasteiger partial charge >= 0.3 is 0 Å². The van der Waals surface area contributed by atoms with Crippen LogP contribution < -0.4 is 4.90 Å². The van der Waals surface area contributed by atoms with Crippen LogP contribution in [0.15, 0.2) is 36.4 Å². The standard InChI is InChI=1S/C19H21N5/c1-23(11-15-4-2-14(10-20)3-5-15)17-12-24(13-17)19-9-8-18(21-22-19)16-6-7-16/h2-5,8-9,16-17H,6-7,11-13H2,1H3. The Hall–Kier alpha value is -2.45. The van der Waals surface area contributed by atoms with E-state index in [2.05, 4.69) is 45.2 Å². The number of anilines is 1. The minimum Gasteiger partial charge on any atom is -0.352 e. The molecular formula is C19H21N5. The van der Waals surface area contributed by atoms with Crippen LogP contribution in [0, 0.1) is 11.3 Å². The Morgan fingerprint density at radius 3 is 2.46 bits per heavy atom. The van der Waals surface area contributed by atoms with Gasteiger partial charge in [-0.3, -0.25) is 4.90 Å². The van der Waals surface area contributed by atoms with Crippen LogP contribution in [0.5, 0.6) is 0 Å². The Morgan fingerprint density at radius 1 is 1.12 bits per heavy atom. The summed E-state index contributed by atoms with van der Waals surface area (Å²) in [5.41, 5.74) is 3.10. The van der Waals surface area contributed by atoms with Crippen molar-refractivity contribution in [3.05, 3.63) is 53.2 Å². The molecule has 0 atom stereocenters. The average molecular weight is 319 g/mol. The Labute approximate surface area is 142 Å². The highest BCUT2D eigenvalue weighted by Crippen LogP contribution is 2.38. The van der Waals surface area contributed by atoms with E-state index in [1.165, 1.54) is 18.4 Å². The van der Waals surface area contributed by atoms with E-state index in [-0.39, 0.29) is 0 Å². The molecule has 5 nitrogen and oxygen atoms in total. The van der Waals surface area contributed by atoms with Crippen molar-refractivity contribution in [2.24, 2.45) is 0 Å². The third-order valence-electron chi connectivity index (χ3n) is 4.99. The summed E-state index contributed by atoms with van der Waals surface area (Å²) < 4.78 is 0. The second-order valence-electron chi connectivity index (χ2n) is 6.87. The largest absolute Gasteiger partial charge is 0.352 e. The summed E-state index contributed by atoms with van der Waals surface area (Å²) in [5, 5.41) is 17.6. The van der Waals surface area contributed by atoms with Crippen LogP contribution in [0.2, 0.25) is 0 Å². The first-order valence-electron chi connectivity index (χ1n) is 8.51. The van der Waals surface area contributed by atoms with Crippen LogP contribution in [-0.2, 0) is 6.54 Å². The van der Waals surface area contributed by atoms with Crippen LogP contribution in [0.4, 0.5) is 5.82 Å². The van der Waals surface area contributed by atoms with Gasteiger partial charge in [0.15, 0.2) is 5.82 Å². The molecule has 122 valence electrons. The number of rotatable bonds is 5. The van der Waals surface area contributed by atoms with Gasteiger partial charge < -0.3 is 4.90 Å². The maximum Gasteiger partial charge on any atom is 0.151 e. The first-order chi connectivity index (χ1) is 11.7. The highest BCUT2D eigenvalue weighted by Gasteiger charge is 2.31. The third kappa shape index (κ3) is 3.10. The number of hydrogen-bond donors (Lipinski definition) is 0. The SMILES string of the molecule is CN(Cc1ccc(C#N)cc1)C1CN(c2ccc(C3CC3)nn2)C1. The summed E-state index contributed by atoms with van der Waals surface area (Å²) in [6, 6.07) is 14.8. The minimum absolute atomic E-state index is 0.533. The smallest absolute Gasteiger partial charge is 0.151 e. The van der Waals surface area contributed by atoms with Gasteiger partial charge in [-0.15, -0.1) is 5.10 Å². The van der Waals surface area contributed by atoms with Crippen molar-refractivity contribution in [2.75, 3.05) is 25.0 Å². The van der Waals surface area contributed by atoms with Crippen molar-refractivity contribution in [2.45, 2.75) is 31.3 Å². The quantitative estimate of drug-likeness (QED) is 0.848. The first-order valence-corrected chi connectivity index (χ1v) is 8.51. The maximum absolute atomic E-state index is 8.86. The Bertz CT molecular complexity index is 737. The van der Waals surface area contributed by atoms with E-state index in [0.717, 1.165) is 31.1 Å². The Morgan fingerprint density at radius 2 is 1.88 bits per heavy atom. The van der Waals surface area contributed by atoms with Crippen LogP contribution in [0.1, 0.15) is 35.6 Å². The number of benzene rings is 1. The molecular weight excluding hydrogens is 298 g/mol. The molecule has 0 amide bonds. The lowest BCUT2D eigenvalue weighted by molar-refractivity contribution is 0.196. The van der Waals surface area contributed by atoms with Crippen LogP contribution >= 0.6 is 0 Å². The zero-order valence-electron chi connectivity index (χ0n) is 13.9. The second kappa shape index (κ2) is 6.21. The number of nitriles is 1. The summed E-state index contributed by atoms with van der Waals surface area (Å²) in [4.78, 5) is 4.65. The fourth-order valence-corrected chi connectivity index (χ4v) is 3.12. The molecule has 1 aliphatic heterocycles. The monoisotopic (exact) mass is 319 g/mol. The van der Waals surface area contributed by atoms with E-state index in [0.29, 0.717) is 17.5 Å². The summed E-state index contributed by atoms with van der Waals surface area (Å²) in [6.45, 7) is 2.88. The lowest BCUT2D eigenvalue weighted by Crippen LogP contribution is -2.58. The molecule has 4 rings (SSSR count). The normalized spacial score (nSPS) is 17.6. The minimum atomic E-state index is 0.533. The molecule has 1 aromatic carbocycles. The molecule has 1 aliphatic carbocycles. The first kappa shape index (κ1) is 15.1. The zero-order valence-corrected chi connectivity index (χ0v) is 13.9. The van der Waals surface area contributed by atoms with Crippen molar-refractivity contribution in [3.63, 3.8) is 0 Å². The van der Waals surface area contributed by atoms with Gasteiger partial charge in [-0.2, -0.15) is 10.4 Å². The third-order valence-corrected chi connectivity index (χ3v) is 4.99. The van der Waals surface area contributed by atoms with Crippen molar-refractivity contribution < 1.29 is 0 Å². The molecule has 2 heterocycles. The molecule has 24 heavy (non-hydrogen) atoms.